The highest BCUT2D eigenvalue weighted by Crippen LogP contribution is 2.34. The van der Waals surface area contributed by atoms with Crippen molar-refractivity contribution in [2.24, 2.45) is 0 Å². The molecule has 0 bridgehead atoms. The molecule has 0 amide bonds. The standard InChI is InChI=1S/C31H42BrN3O2.C2H6/c1-3-18-34(19-4-2)20-6-24-36-27-11-8-25(9-12-27)14-21-35-22-15-28(16-23-35)37-31-29(32)13-10-26-7-5-17-33-30(26)31;1-2/h5,7-13,17,28H,3-4,6,14-16,18-24H2,1-2H3;1-2H3. The number of halogens is 1. The number of fused-ring (bicyclic) bond motifs is 1. The molecule has 0 radical (unpaired) electrons. The highest BCUT2D eigenvalue weighted by atomic mass is 79.9. The van der Waals surface area contributed by atoms with Gasteiger partial charge in [-0.2, -0.15) is 0 Å². The number of rotatable bonds is 14. The average molecular weight is 599 g/mol. The van der Waals surface area contributed by atoms with Crippen LogP contribution in [-0.2, 0) is 6.42 Å². The zero-order chi connectivity index (χ0) is 27.9. The van der Waals surface area contributed by atoms with Gasteiger partial charge >= 0.3 is 0 Å². The molecule has 39 heavy (non-hydrogen) atoms. The van der Waals surface area contributed by atoms with Crippen LogP contribution < -0.4 is 9.47 Å². The lowest BCUT2D eigenvalue weighted by Crippen LogP contribution is -2.39. The SMILES string of the molecule is CC.CCCN(CCC)CCCOc1ccc(CCN2CCC(Oc3c(Br)ccc4cccnc34)CC2)cc1. The lowest BCUT2D eigenvalue weighted by molar-refractivity contribution is 0.102. The molecule has 3 aromatic rings. The minimum atomic E-state index is 0.229. The maximum absolute atomic E-state index is 6.45. The molecule has 0 spiro atoms. The minimum absolute atomic E-state index is 0.229. The van der Waals surface area contributed by atoms with Crippen molar-refractivity contribution >= 4 is 26.8 Å². The van der Waals surface area contributed by atoms with E-state index in [4.69, 9.17) is 9.47 Å². The van der Waals surface area contributed by atoms with E-state index in [0.29, 0.717) is 0 Å². The molecular weight excluding hydrogens is 550 g/mol. The van der Waals surface area contributed by atoms with Crippen LogP contribution in [0.1, 0.15) is 65.4 Å². The van der Waals surface area contributed by atoms with E-state index in [1.54, 1.807) is 0 Å². The fourth-order valence-corrected chi connectivity index (χ4v) is 5.52. The van der Waals surface area contributed by atoms with E-state index in [1.807, 2.05) is 26.1 Å². The summed E-state index contributed by atoms with van der Waals surface area (Å²) in [6.45, 7) is 16.0. The second-order valence-corrected chi connectivity index (χ2v) is 10.9. The van der Waals surface area contributed by atoms with Crippen LogP contribution in [0.25, 0.3) is 10.9 Å². The molecule has 1 aliphatic heterocycles. The lowest BCUT2D eigenvalue weighted by atomic mass is 10.1. The second-order valence-electron chi connectivity index (χ2n) is 10.0. The highest BCUT2D eigenvalue weighted by Gasteiger charge is 2.22. The Morgan fingerprint density at radius 1 is 0.949 bits per heavy atom. The Kier molecular flexibility index (Phi) is 14.1. The predicted octanol–water partition coefficient (Wildman–Crippen LogP) is 8.00. The van der Waals surface area contributed by atoms with Gasteiger partial charge in [-0.1, -0.05) is 52.0 Å². The van der Waals surface area contributed by atoms with Crippen molar-refractivity contribution in [3.63, 3.8) is 0 Å². The van der Waals surface area contributed by atoms with Gasteiger partial charge in [-0.05, 0) is 97.4 Å². The molecule has 0 saturated carbocycles. The molecule has 0 N–H and O–H groups in total. The van der Waals surface area contributed by atoms with Gasteiger partial charge < -0.3 is 19.3 Å². The van der Waals surface area contributed by atoms with Crippen molar-refractivity contribution in [1.29, 1.82) is 0 Å². The van der Waals surface area contributed by atoms with Gasteiger partial charge in [0.2, 0.25) is 0 Å². The first-order valence-electron chi connectivity index (χ1n) is 15.0. The normalized spacial score (nSPS) is 14.3. The number of piperidine rings is 1. The molecule has 6 heteroatoms. The number of hydrogen-bond donors (Lipinski definition) is 0. The molecule has 5 nitrogen and oxygen atoms in total. The summed E-state index contributed by atoms with van der Waals surface area (Å²) in [7, 11) is 0. The van der Waals surface area contributed by atoms with Crippen LogP contribution in [-0.4, -0.2) is 66.8 Å². The quantitative estimate of drug-likeness (QED) is 0.176. The molecule has 1 fully saturated rings. The third-order valence-electron chi connectivity index (χ3n) is 7.11. The Labute approximate surface area is 245 Å². The Bertz CT molecular complexity index is 1080. The monoisotopic (exact) mass is 597 g/mol. The van der Waals surface area contributed by atoms with Crippen molar-refractivity contribution in [2.45, 2.75) is 72.3 Å². The Morgan fingerprint density at radius 2 is 1.67 bits per heavy atom. The first-order chi connectivity index (χ1) is 19.2. The molecule has 2 heterocycles. The molecular formula is C33H48BrN3O2. The molecule has 1 aliphatic rings. The van der Waals surface area contributed by atoms with E-state index < -0.39 is 0 Å². The summed E-state index contributed by atoms with van der Waals surface area (Å²) >= 11 is 3.66. The Morgan fingerprint density at radius 3 is 2.36 bits per heavy atom. The van der Waals surface area contributed by atoms with Crippen molar-refractivity contribution in [2.75, 3.05) is 45.9 Å². The van der Waals surface area contributed by atoms with Crippen LogP contribution >= 0.6 is 15.9 Å². The predicted molar refractivity (Wildman–Crippen MR) is 168 cm³/mol. The maximum atomic E-state index is 6.45. The molecule has 214 valence electrons. The summed E-state index contributed by atoms with van der Waals surface area (Å²) in [6, 6.07) is 16.9. The fourth-order valence-electron chi connectivity index (χ4n) is 5.11. The number of likely N-dealkylation sites (tertiary alicyclic amines) is 1. The van der Waals surface area contributed by atoms with Crippen molar-refractivity contribution in [3.8, 4) is 11.5 Å². The molecule has 0 atom stereocenters. The Hall–Kier alpha value is -2.15. The summed E-state index contributed by atoms with van der Waals surface area (Å²) in [5.41, 5.74) is 2.30. The van der Waals surface area contributed by atoms with E-state index in [1.165, 1.54) is 31.5 Å². The molecule has 0 aliphatic carbocycles. The van der Waals surface area contributed by atoms with Crippen molar-refractivity contribution in [1.82, 2.24) is 14.8 Å². The average Bonchev–Trinajstić information content (AvgIpc) is 2.98. The summed E-state index contributed by atoms with van der Waals surface area (Å²) in [6.07, 6.45) is 8.71. The van der Waals surface area contributed by atoms with Crippen molar-refractivity contribution < 1.29 is 9.47 Å². The van der Waals surface area contributed by atoms with Gasteiger partial charge in [0.1, 0.15) is 17.4 Å². The third kappa shape index (κ3) is 10.1. The second kappa shape index (κ2) is 17.5. The van der Waals surface area contributed by atoms with Gasteiger partial charge in [0.15, 0.2) is 5.75 Å². The third-order valence-corrected chi connectivity index (χ3v) is 7.73. The molecule has 2 aromatic carbocycles. The zero-order valence-corrected chi connectivity index (χ0v) is 26.1. The van der Waals surface area contributed by atoms with E-state index in [-0.39, 0.29) is 6.10 Å². The Balaban J connectivity index is 0.00000205. The molecule has 0 unspecified atom stereocenters. The van der Waals surface area contributed by atoms with Crippen LogP contribution in [0.15, 0.2) is 59.2 Å². The van der Waals surface area contributed by atoms with Gasteiger partial charge in [0.25, 0.3) is 0 Å². The first-order valence-corrected chi connectivity index (χ1v) is 15.8. The van der Waals surface area contributed by atoms with Crippen LogP contribution in [0.5, 0.6) is 11.5 Å². The fraction of sp³-hybridized carbons (Fsp3) is 0.545. The number of aromatic nitrogens is 1. The van der Waals surface area contributed by atoms with E-state index >= 15 is 0 Å². The molecule has 1 saturated heterocycles. The first kappa shape index (κ1) is 31.4. The summed E-state index contributed by atoms with van der Waals surface area (Å²) in [4.78, 5) is 9.65. The van der Waals surface area contributed by atoms with Crippen LogP contribution in [0.4, 0.5) is 0 Å². The van der Waals surface area contributed by atoms with Crippen LogP contribution in [0, 0.1) is 0 Å². The highest BCUT2D eigenvalue weighted by molar-refractivity contribution is 9.10. The number of benzene rings is 2. The van der Waals surface area contributed by atoms with Crippen LogP contribution in [0.3, 0.4) is 0 Å². The van der Waals surface area contributed by atoms with Crippen LogP contribution in [0.2, 0.25) is 0 Å². The van der Waals surface area contributed by atoms with E-state index in [2.05, 4.69) is 87.0 Å². The largest absolute Gasteiger partial charge is 0.494 e. The summed E-state index contributed by atoms with van der Waals surface area (Å²) in [5, 5.41) is 1.11. The number of hydrogen-bond acceptors (Lipinski definition) is 5. The maximum Gasteiger partial charge on any atom is 0.160 e. The smallest absolute Gasteiger partial charge is 0.160 e. The van der Waals surface area contributed by atoms with E-state index in [9.17, 15) is 0 Å². The summed E-state index contributed by atoms with van der Waals surface area (Å²) in [5.74, 6) is 1.85. The van der Waals surface area contributed by atoms with E-state index in [0.717, 1.165) is 85.3 Å². The topological polar surface area (TPSA) is 37.8 Å². The minimum Gasteiger partial charge on any atom is -0.494 e. The summed E-state index contributed by atoms with van der Waals surface area (Å²) < 4.78 is 13.4. The number of pyridine rings is 1. The molecule has 1 aromatic heterocycles. The van der Waals surface area contributed by atoms with Gasteiger partial charge in [-0.15, -0.1) is 0 Å². The van der Waals surface area contributed by atoms with Gasteiger partial charge in [0.05, 0.1) is 11.1 Å². The van der Waals surface area contributed by atoms with Gasteiger partial charge in [-0.3, -0.25) is 4.98 Å². The number of ether oxygens (including phenoxy) is 2. The van der Waals surface area contributed by atoms with Gasteiger partial charge in [0, 0.05) is 37.8 Å². The number of nitrogens with zero attached hydrogens (tertiary/aromatic N) is 3. The van der Waals surface area contributed by atoms with Gasteiger partial charge in [-0.25, -0.2) is 0 Å². The zero-order valence-electron chi connectivity index (χ0n) is 24.5. The molecule has 4 rings (SSSR count). The lowest BCUT2D eigenvalue weighted by Gasteiger charge is -2.32. The van der Waals surface area contributed by atoms with Crippen molar-refractivity contribution in [3.05, 3.63) is 64.8 Å².